The van der Waals surface area contributed by atoms with Crippen LogP contribution in [0.4, 0.5) is 0 Å². The highest BCUT2D eigenvalue weighted by molar-refractivity contribution is 7.80. The first-order valence-electron chi connectivity index (χ1n) is 7.97. The van der Waals surface area contributed by atoms with Crippen molar-refractivity contribution in [3.8, 4) is 0 Å². The number of phosphoric ester groups is 5. The Balaban J connectivity index is 4.04. The molecule has 216 valence electrons. The Hall–Kier alpha value is 0.990. The first-order chi connectivity index (χ1) is 15.6. The topological polar surface area (TPSA) is 380 Å². The van der Waals surface area contributed by atoms with Crippen molar-refractivity contribution in [1.29, 1.82) is 0 Å². The summed E-state index contributed by atoms with van der Waals surface area (Å²) in [6.07, 6.45) is -18.4. The van der Waals surface area contributed by atoms with E-state index in [1.54, 1.807) is 0 Å². The quantitative estimate of drug-likeness (QED) is 0.100. The van der Waals surface area contributed by atoms with E-state index in [-0.39, 0.29) is 0 Å². The second-order valence-electron chi connectivity index (χ2n) is 6.32. The Morgan fingerprint density at radius 1 is 0.361 bits per heavy atom. The van der Waals surface area contributed by atoms with Crippen LogP contribution in [0.25, 0.3) is 0 Å². The van der Waals surface area contributed by atoms with E-state index in [4.69, 9.17) is 60.2 Å². The summed E-state index contributed by atoms with van der Waals surface area (Å²) < 4.78 is 93.9. The van der Waals surface area contributed by atoms with E-state index in [0.717, 1.165) is 0 Å². The molecular formula is C6H17ClO23P6. The van der Waals surface area contributed by atoms with Crippen molar-refractivity contribution < 1.29 is 108 Å². The van der Waals surface area contributed by atoms with Crippen LogP contribution in [0.3, 0.4) is 0 Å². The predicted molar refractivity (Wildman–Crippen MR) is 105 cm³/mol. The van der Waals surface area contributed by atoms with Crippen LogP contribution in [0, 0.1) is 0 Å². The molecule has 0 aromatic rings. The van der Waals surface area contributed by atoms with Crippen molar-refractivity contribution in [2.24, 2.45) is 0 Å². The molecule has 23 nitrogen and oxygen atoms in total. The van der Waals surface area contributed by atoms with E-state index in [2.05, 4.69) is 27.1 Å². The Bertz CT molecular complexity index is 824. The normalized spacial score (nSPS) is 30.7. The van der Waals surface area contributed by atoms with Crippen LogP contribution in [-0.2, 0) is 54.5 Å². The van der Waals surface area contributed by atoms with Crippen molar-refractivity contribution in [3.05, 3.63) is 0 Å². The van der Waals surface area contributed by atoms with E-state index in [9.17, 15) is 32.3 Å². The maximum atomic E-state index is 11.7. The minimum atomic E-state index is -5.99. The SMILES string of the molecule is O=P(O)(O)O[C@@H]1[C@@H](OP(=O)(O)O)[C@H](OP(=O)(O)O)[C@@H](OP(=O)(O)Cl)[C@@H](OP(=O)(O)O)[C@H]1OP(=O)(O)O. The van der Waals surface area contributed by atoms with Crippen LogP contribution < -0.4 is 0 Å². The summed E-state index contributed by atoms with van der Waals surface area (Å²) in [5.74, 6) is 0. The number of phosphoric acid groups is 5. The monoisotopic (exact) mass is 678 g/mol. The molecular weight excluding hydrogens is 661 g/mol. The molecule has 0 saturated heterocycles. The molecule has 0 heterocycles. The van der Waals surface area contributed by atoms with Gasteiger partial charge in [-0.05, 0) is 0 Å². The van der Waals surface area contributed by atoms with Gasteiger partial charge in [-0.2, -0.15) is 0 Å². The van der Waals surface area contributed by atoms with Crippen molar-refractivity contribution in [2.45, 2.75) is 36.6 Å². The molecule has 1 unspecified atom stereocenters. The Morgan fingerprint density at radius 3 is 0.611 bits per heavy atom. The summed E-state index contributed by atoms with van der Waals surface area (Å²) in [6.45, 7) is -5.54. The maximum absolute atomic E-state index is 11.7. The van der Waals surface area contributed by atoms with Crippen LogP contribution in [0.2, 0.25) is 0 Å². The van der Waals surface area contributed by atoms with Gasteiger partial charge in [-0.15, -0.1) is 0 Å². The highest BCUT2D eigenvalue weighted by Gasteiger charge is 2.62. The average molecular weight is 678 g/mol. The van der Waals surface area contributed by atoms with Gasteiger partial charge in [0.2, 0.25) is 0 Å². The minimum Gasteiger partial charge on any atom is -0.313 e. The smallest absolute Gasteiger partial charge is 0.313 e. The largest absolute Gasteiger partial charge is 0.470 e. The molecule has 1 rings (SSSR count). The fraction of sp³-hybridized carbons (Fsp3) is 1.00. The molecule has 0 amide bonds. The molecule has 0 bridgehead atoms. The third-order valence-corrected chi connectivity index (χ3v) is 6.82. The summed E-state index contributed by atoms with van der Waals surface area (Å²) in [5, 5.41) is 0. The Labute approximate surface area is 202 Å². The van der Waals surface area contributed by atoms with Gasteiger partial charge in [0, 0.05) is 11.2 Å². The van der Waals surface area contributed by atoms with Crippen LogP contribution >= 0.6 is 57.3 Å². The second kappa shape index (κ2) is 11.8. The van der Waals surface area contributed by atoms with Crippen molar-refractivity contribution >= 4 is 57.3 Å². The number of halogens is 1. The lowest BCUT2D eigenvalue weighted by atomic mass is 9.85. The van der Waals surface area contributed by atoms with E-state index in [0.29, 0.717) is 0 Å². The summed E-state index contributed by atoms with van der Waals surface area (Å²) in [5.41, 5.74) is 0. The highest BCUT2D eigenvalue weighted by Crippen LogP contribution is 2.58. The van der Waals surface area contributed by atoms with Gasteiger partial charge in [0.25, 0.3) is 0 Å². The molecule has 0 radical (unpaired) electrons. The maximum Gasteiger partial charge on any atom is 0.470 e. The first-order valence-corrected chi connectivity index (χ1v) is 18.1. The summed E-state index contributed by atoms with van der Waals surface area (Å²) >= 11 is 4.99. The molecule has 7 atom stereocenters. The predicted octanol–water partition coefficient (Wildman–Crippen LogP) is -1.89. The van der Waals surface area contributed by atoms with Crippen LogP contribution in [0.15, 0.2) is 0 Å². The average Bonchev–Trinajstić information content (AvgIpc) is 2.51. The van der Waals surface area contributed by atoms with Crippen molar-refractivity contribution in [3.63, 3.8) is 0 Å². The van der Waals surface area contributed by atoms with Gasteiger partial charge in [-0.1, -0.05) is 0 Å². The molecule has 36 heavy (non-hydrogen) atoms. The fourth-order valence-corrected chi connectivity index (χ4v) is 6.39. The fourth-order valence-electron chi connectivity index (χ4n) is 2.78. The van der Waals surface area contributed by atoms with Gasteiger partial charge in [0.05, 0.1) is 0 Å². The van der Waals surface area contributed by atoms with Gasteiger partial charge in [-0.3, -0.25) is 27.1 Å². The Kier molecular flexibility index (Phi) is 11.5. The van der Waals surface area contributed by atoms with E-state index >= 15 is 0 Å². The molecule has 30 heteroatoms. The Morgan fingerprint density at radius 2 is 0.500 bits per heavy atom. The third-order valence-electron chi connectivity index (χ3n) is 3.49. The molecule has 0 spiro atoms. The first kappa shape index (κ1) is 35.0. The van der Waals surface area contributed by atoms with Crippen LogP contribution in [0.5, 0.6) is 0 Å². The lowest BCUT2D eigenvalue weighted by Crippen LogP contribution is -2.66. The molecule has 0 aromatic carbocycles. The molecule has 1 fully saturated rings. The van der Waals surface area contributed by atoms with Gasteiger partial charge < -0.3 is 53.8 Å². The van der Waals surface area contributed by atoms with Gasteiger partial charge >= 0.3 is 46.1 Å². The molecule has 1 saturated carbocycles. The minimum absolute atomic E-state index is 3.02. The second-order valence-corrected chi connectivity index (χ2v) is 14.7. The summed E-state index contributed by atoms with van der Waals surface area (Å²) in [7, 11) is -29.9. The van der Waals surface area contributed by atoms with E-state index < -0.39 is 82.7 Å². The van der Waals surface area contributed by atoms with Gasteiger partial charge in [0.15, 0.2) is 0 Å². The highest BCUT2D eigenvalue weighted by atomic mass is 35.7. The third kappa shape index (κ3) is 13.4. The molecule has 0 aromatic heterocycles. The lowest BCUT2D eigenvalue weighted by molar-refractivity contribution is -0.199. The van der Waals surface area contributed by atoms with Crippen LogP contribution in [0.1, 0.15) is 0 Å². The zero-order valence-corrected chi connectivity index (χ0v) is 22.5. The summed E-state index contributed by atoms with van der Waals surface area (Å²) in [6, 6.07) is 0. The zero-order chi connectivity index (χ0) is 28.7. The number of hydrogen-bond acceptors (Lipinski definition) is 12. The van der Waals surface area contributed by atoms with Gasteiger partial charge in [-0.25, -0.2) is 27.4 Å². The molecule has 1 aliphatic carbocycles. The lowest BCUT2D eigenvalue weighted by Gasteiger charge is -2.48. The summed E-state index contributed by atoms with van der Waals surface area (Å²) in [4.78, 5) is 101. The number of rotatable bonds is 12. The molecule has 1 aliphatic rings. The van der Waals surface area contributed by atoms with E-state index in [1.165, 1.54) is 0 Å². The standard InChI is InChI=1S/C6H17ClO23P6/c7-31(8,9)25-1-2(26-32(10,11)12)4(28-34(16,17)18)6(30-36(22,23)24)5(29-35(19,20)21)3(1)27-33(13,14)15/h1-6H,(H,8,9)(H2,10,11,12)(H2,13,14,15)(H2,16,17,18)(H2,19,20,21)(H2,22,23,24)/t1-,2-,3-,4+,5-,6-/m1/s1. The number of hydrogen-bond donors (Lipinski definition) is 11. The van der Waals surface area contributed by atoms with Crippen LogP contribution in [-0.4, -0.2) is 90.5 Å². The molecule has 0 aliphatic heterocycles. The van der Waals surface area contributed by atoms with Crippen molar-refractivity contribution in [1.82, 2.24) is 0 Å². The van der Waals surface area contributed by atoms with Crippen molar-refractivity contribution in [2.75, 3.05) is 0 Å². The molecule has 11 N–H and O–H groups in total. The zero-order valence-electron chi connectivity index (χ0n) is 16.3. The van der Waals surface area contributed by atoms with E-state index in [1.807, 2.05) is 0 Å². The van der Waals surface area contributed by atoms with Gasteiger partial charge in [0.1, 0.15) is 36.6 Å².